The lowest BCUT2D eigenvalue weighted by atomic mass is 9.79. The Morgan fingerprint density at radius 1 is 0.983 bits per heavy atom. The highest BCUT2D eigenvalue weighted by molar-refractivity contribution is 5.97. The number of aliphatic hydroxyl groups is 2. The van der Waals surface area contributed by atoms with E-state index in [0.29, 0.717) is 18.8 Å². The Balaban J connectivity index is 1.79. The smallest absolute Gasteiger partial charge is 0.331 e. The Morgan fingerprint density at radius 2 is 1.65 bits per heavy atom. The molecule has 0 aromatic carbocycles. The molecule has 340 valence electrons. The lowest BCUT2D eigenvalue weighted by Crippen LogP contribution is -2.70. The molecule has 4 rings (SSSR count). The van der Waals surface area contributed by atoms with Crippen LogP contribution >= 0.6 is 0 Å². The minimum atomic E-state index is -2.71. The average Bonchev–Trinajstić information content (AvgIpc) is 3.21. The number of rotatable bonds is 8. The van der Waals surface area contributed by atoms with Gasteiger partial charge in [0.05, 0.1) is 25.9 Å². The topological polar surface area (TPSA) is 289 Å². The van der Waals surface area contributed by atoms with E-state index >= 15 is 0 Å². The van der Waals surface area contributed by atoms with Crippen molar-refractivity contribution in [2.24, 2.45) is 17.8 Å². The molecule has 22 heteroatoms. The number of nitrogens with one attached hydrogen (secondary N) is 4. The SMILES string of the molecule is COC[C@H]1C(=O)NCC(=O)N2NCCC[C@H]2C(=O)N(O)[C@H](C)C(=O)O[C@@H](C(C)C)[C@H](NC(=O)[C@](C)(O)[C@]2(O)CC[C@@H](CC(C)C)[C@H](C)O2)C(=O)N2CNCC[C@@H]2C(=O)N1O. The molecule has 0 aliphatic carbocycles. The minimum Gasteiger partial charge on any atom is -0.458 e. The van der Waals surface area contributed by atoms with E-state index in [9.17, 15) is 54.2 Å². The first-order valence-electron chi connectivity index (χ1n) is 20.6. The summed E-state index contributed by atoms with van der Waals surface area (Å²) in [5.41, 5.74) is 0.0477. The molecule has 0 radical (unpaired) electrons. The highest BCUT2D eigenvalue weighted by atomic mass is 16.6. The molecule has 0 unspecified atom stereocenters. The molecule has 8 N–H and O–H groups in total. The van der Waals surface area contributed by atoms with Crippen LogP contribution < -0.4 is 21.4 Å². The van der Waals surface area contributed by atoms with Crippen LogP contribution in [-0.2, 0) is 47.8 Å². The fraction of sp³-hybridized carbons (Fsp3) is 0.816. The van der Waals surface area contributed by atoms with Crippen molar-refractivity contribution in [1.82, 2.24) is 41.4 Å². The molecule has 0 bridgehead atoms. The summed E-state index contributed by atoms with van der Waals surface area (Å²) in [6, 6.07) is -8.24. The summed E-state index contributed by atoms with van der Waals surface area (Å²) in [5.74, 6) is -10.6. The zero-order chi connectivity index (χ0) is 44.9. The van der Waals surface area contributed by atoms with Crippen molar-refractivity contribution in [1.29, 1.82) is 0 Å². The molecule has 0 aromatic heterocycles. The van der Waals surface area contributed by atoms with Gasteiger partial charge in [-0.15, -0.1) is 0 Å². The van der Waals surface area contributed by atoms with Crippen LogP contribution in [0.25, 0.3) is 0 Å². The molecule has 4 heterocycles. The maximum absolute atomic E-state index is 14.9. The largest absolute Gasteiger partial charge is 0.458 e. The molecular weight excluding hydrogens is 792 g/mol. The number of carbonyl (C=O) groups excluding carboxylic acids is 7. The van der Waals surface area contributed by atoms with Gasteiger partial charge in [0.1, 0.15) is 24.2 Å². The van der Waals surface area contributed by atoms with E-state index in [0.717, 1.165) is 30.2 Å². The number of carbonyl (C=O) groups is 7. The molecule has 60 heavy (non-hydrogen) atoms. The number of fused-ring (bicyclic) bond motifs is 2. The highest BCUT2D eigenvalue weighted by Gasteiger charge is 2.57. The van der Waals surface area contributed by atoms with Gasteiger partial charge in [-0.1, -0.05) is 27.7 Å². The second kappa shape index (κ2) is 20.2. The molecule has 4 aliphatic heterocycles. The van der Waals surface area contributed by atoms with Gasteiger partial charge in [-0.05, 0) is 77.2 Å². The van der Waals surface area contributed by atoms with Gasteiger partial charge in [0.2, 0.25) is 11.7 Å². The van der Waals surface area contributed by atoms with Crippen LogP contribution in [0.1, 0.15) is 87.0 Å². The fourth-order valence-electron chi connectivity index (χ4n) is 8.05. The lowest BCUT2D eigenvalue weighted by molar-refractivity contribution is -0.326. The lowest BCUT2D eigenvalue weighted by Gasteiger charge is -2.47. The summed E-state index contributed by atoms with van der Waals surface area (Å²) in [6.07, 6.45) is -0.882. The number of ether oxygens (including phenoxy) is 3. The van der Waals surface area contributed by atoms with Gasteiger partial charge in [0.15, 0.2) is 17.7 Å². The number of amides is 6. The second-order valence-corrected chi connectivity index (χ2v) is 17.0. The molecule has 0 spiro atoms. The standard InChI is InChI=1S/C38H64N8O14/c1-20(2)16-24-11-13-38(55,60-23(24)6)37(7,54)36(53)42-29-30(21(3)4)59-35(52)22(5)45(56)33(50)26-10-9-14-41-44(26)28(47)17-40-31(48)27(18-58-8)46(57)32(49)25-12-15-39-19-43(25)34(29)51/h20-27,29-30,39,41,54-57H,9-19H2,1-8H3,(H,40,48)(H,42,53)/t22-,23+,24+,25-,26+,27+,29+,30+,37+,38+/m1/s1. The number of cyclic esters (lactones) is 1. The van der Waals surface area contributed by atoms with Gasteiger partial charge in [-0.25, -0.2) is 20.3 Å². The first-order valence-corrected chi connectivity index (χ1v) is 20.6. The summed E-state index contributed by atoms with van der Waals surface area (Å²) in [7, 11) is 1.20. The predicted molar refractivity (Wildman–Crippen MR) is 206 cm³/mol. The van der Waals surface area contributed by atoms with Gasteiger partial charge < -0.3 is 40.0 Å². The Kier molecular flexibility index (Phi) is 16.4. The van der Waals surface area contributed by atoms with E-state index in [-0.39, 0.29) is 55.1 Å². The second-order valence-electron chi connectivity index (χ2n) is 17.0. The molecule has 0 saturated carbocycles. The number of nitrogens with zero attached hydrogens (tertiary/aromatic N) is 4. The van der Waals surface area contributed by atoms with Crippen molar-refractivity contribution in [3.8, 4) is 0 Å². The zero-order valence-electron chi connectivity index (χ0n) is 35.7. The fourth-order valence-corrected chi connectivity index (χ4v) is 8.05. The van der Waals surface area contributed by atoms with Crippen molar-refractivity contribution in [3.05, 3.63) is 0 Å². The van der Waals surface area contributed by atoms with Crippen LogP contribution in [0.4, 0.5) is 0 Å². The van der Waals surface area contributed by atoms with Crippen molar-refractivity contribution in [2.45, 2.75) is 141 Å². The molecule has 4 saturated heterocycles. The quantitative estimate of drug-likeness (QED) is 0.0964. The van der Waals surface area contributed by atoms with Crippen molar-refractivity contribution in [2.75, 3.05) is 40.0 Å². The maximum Gasteiger partial charge on any atom is 0.331 e. The summed E-state index contributed by atoms with van der Waals surface area (Å²) < 4.78 is 16.9. The number of hydrogen-bond donors (Lipinski definition) is 8. The Hall–Kier alpha value is -4.03. The third-order valence-corrected chi connectivity index (χ3v) is 11.8. The zero-order valence-corrected chi connectivity index (χ0v) is 35.7. The summed E-state index contributed by atoms with van der Waals surface area (Å²) in [6.45, 7) is 9.81. The van der Waals surface area contributed by atoms with E-state index in [1.165, 1.54) is 21.0 Å². The summed E-state index contributed by atoms with van der Waals surface area (Å²) >= 11 is 0. The van der Waals surface area contributed by atoms with Crippen molar-refractivity contribution in [3.63, 3.8) is 0 Å². The third kappa shape index (κ3) is 10.5. The van der Waals surface area contributed by atoms with E-state index in [1.807, 2.05) is 13.8 Å². The van der Waals surface area contributed by atoms with Gasteiger partial charge in [0, 0.05) is 20.1 Å². The predicted octanol–water partition coefficient (Wildman–Crippen LogP) is -2.05. The molecular formula is C38H64N8O14. The van der Waals surface area contributed by atoms with E-state index in [4.69, 9.17) is 14.2 Å². The molecule has 22 nitrogen and oxygen atoms in total. The molecule has 6 amide bonds. The number of methoxy groups -OCH3 is 1. The van der Waals surface area contributed by atoms with Gasteiger partial charge >= 0.3 is 5.97 Å². The molecule has 4 aliphatic rings. The van der Waals surface area contributed by atoms with Gasteiger partial charge in [-0.2, -0.15) is 0 Å². The van der Waals surface area contributed by atoms with Crippen LogP contribution in [-0.4, -0.2) is 176 Å². The first kappa shape index (κ1) is 48.6. The highest BCUT2D eigenvalue weighted by Crippen LogP contribution is 2.40. The summed E-state index contributed by atoms with van der Waals surface area (Å²) in [5, 5.41) is 54.7. The van der Waals surface area contributed by atoms with Gasteiger partial charge in [-0.3, -0.25) is 49.5 Å². The van der Waals surface area contributed by atoms with Crippen LogP contribution in [0, 0.1) is 17.8 Å². The van der Waals surface area contributed by atoms with E-state index in [1.54, 1.807) is 6.92 Å². The van der Waals surface area contributed by atoms with Crippen molar-refractivity contribution < 1.29 is 68.4 Å². The maximum atomic E-state index is 14.9. The number of esters is 1. The third-order valence-electron chi connectivity index (χ3n) is 11.8. The van der Waals surface area contributed by atoms with Crippen LogP contribution in [0.2, 0.25) is 0 Å². The van der Waals surface area contributed by atoms with E-state index in [2.05, 4.69) is 21.4 Å². The van der Waals surface area contributed by atoms with E-state index < -0.39 is 114 Å². The van der Waals surface area contributed by atoms with Crippen LogP contribution in [0.5, 0.6) is 0 Å². The molecule has 4 fully saturated rings. The molecule has 0 aromatic rings. The number of hydrazine groups is 1. The molecule has 10 atom stereocenters. The van der Waals surface area contributed by atoms with Crippen LogP contribution in [0.3, 0.4) is 0 Å². The van der Waals surface area contributed by atoms with Crippen LogP contribution in [0.15, 0.2) is 0 Å². The minimum absolute atomic E-state index is 0.0150. The number of hydrogen-bond acceptors (Lipinski definition) is 16. The summed E-state index contributed by atoms with van der Waals surface area (Å²) in [4.78, 5) is 98.5. The van der Waals surface area contributed by atoms with Crippen molar-refractivity contribution >= 4 is 41.4 Å². The first-order chi connectivity index (χ1) is 28.1. The Morgan fingerprint density at radius 3 is 2.27 bits per heavy atom. The monoisotopic (exact) mass is 856 g/mol. The Labute approximate surface area is 349 Å². The average molecular weight is 857 g/mol. The Bertz CT molecular complexity index is 1600. The normalized spacial score (nSPS) is 33.3. The van der Waals surface area contributed by atoms with Gasteiger partial charge in [0.25, 0.3) is 29.5 Å². The number of hydroxylamine groups is 4.